The van der Waals surface area contributed by atoms with Gasteiger partial charge in [-0.3, -0.25) is 0 Å². The zero-order valence-corrected chi connectivity index (χ0v) is 21.2. The first kappa shape index (κ1) is 26.3. The maximum Gasteiger partial charge on any atom is 0.341 e. The summed E-state index contributed by atoms with van der Waals surface area (Å²) in [5.74, 6) is 1.04. The van der Waals surface area contributed by atoms with E-state index in [1.807, 2.05) is 74.5 Å². The van der Waals surface area contributed by atoms with Crippen LogP contribution in [-0.2, 0) is 32.3 Å². The Kier molecular flexibility index (Phi) is 9.51. The van der Waals surface area contributed by atoms with Crippen molar-refractivity contribution in [2.24, 2.45) is 5.16 Å². The standard InChI is InChI=1S/C29H31NO6/c1-20-14-28(35-18-23-10-6-7-12-26(23)27(19-32-3)29(31)34-5)21(2)13-24(20)16-30-36-17-22-9-8-11-25(15-22)33-4/h6-16,19H,17-18H2,1-5H3/b27-19+,30-16+. The number of nitrogens with zero attached hydrogens (tertiary/aromatic N) is 1. The Bertz CT molecular complexity index is 1250. The molecule has 0 aliphatic rings. The lowest BCUT2D eigenvalue weighted by Crippen LogP contribution is -2.08. The molecule has 7 nitrogen and oxygen atoms in total. The molecule has 3 rings (SSSR count). The zero-order valence-electron chi connectivity index (χ0n) is 21.2. The molecule has 0 aromatic heterocycles. The molecule has 0 aliphatic carbocycles. The van der Waals surface area contributed by atoms with E-state index >= 15 is 0 Å². The summed E-state index contributed by atoms with van der Waals surface area (Å²) in [5, 5.41) is 4.12. The van der Waals surface area contributed by atoms with E-state index in [2.05, 4.69) is 5.16 Å². The molecule has 0 fully saturated rings. The Hall–Kier alpha value is -4.26. The molecular weight excluding hydrogens is 458 g/mol. The maximum absolute atomic E-state index is 12.2. The fourth-order valence-electron chi connectivity index (χ4n) is 3.59. The summed E-state index contributed by atoms with van der Waals surface area (Å²) in [4.78, 5) is 17.7. The Morgan fingerprint density at radius 3 is 2.47 bits per heavy atom. The van der Waals surface area contributed by atoms with Crippen LogP contribution in [0.3, 0.4) is 0 Å². The smallest absolute Gasteiger partial charge is 0.341 e. The van der Waals surface area contributed by atoms with Gasteiger partial charge in [-0.2, -0.15) is 0 Å². The van der Waals surface area contributed by atoms with Gasteiger partial charge in [-0.25, -0.2) is 4.79 Å². The summed E-state index contributed by atoms with van der Waals surface area (Å²) in [6.45, 7) is 4.57. The van der Waals surface area contributed by atoms with E-state index in [4.69, 9.17) is 23.8 Å². The summed E-state index contributed by atoms with van der Waals surface area (Å²) < 4.78 is 21.4. The van der Waals surface area contributed by atoms with Crippen LogP contribution in [0.1, 0.15) is 33.4 Å². The first-order chi connectivity index (χ1) is 17.5. The van der Waals surface area contributed by atoms with E-state index in [1.54, 1.807) is 13.3 Å². The van der Waals surface area contributed by atoms with Gasteiger partial charge >= 0.3 is 5.97 Å². The zero-order chi connectivity index (χ0) is 25.9. The van der Waals surface area contributed by atoms with E-state index in [-0.39, 0.29) is 6.61 Å². The summed E-state index contributed by atoms with van der Waals surface area (Å²) in [5.41, 5.74) is 5.70. The lowest BCUT2D eigenvalue weighted by atomic mass is 10.0. The van der Waals surface area contributed by atoms with E-state index in [0.717, 1.165) is 39.3 Å². The van der Waals surface area contributed by atoms with Gasteiger partial charge in [0.15, 0.2) is 0 Å². The molecule has 0 amide bonds. The average molecular weight is 490 g/mol. The first-order valence-electron chi connectivity index (χ1n) is 11.4. The molecule has 0 bridgehead atoms. The van der Waals surface area contributed by atoms with Gasteiger partial charge < -0.3 is 23.8 Å². The number of carbonyl (C=O) groups is 1. The largest absolute Gasteiger partial charge is 0.503 e. The molecule has 188 valence electrons. The monoisotopic (exact) mass is 489 g/mol. The number of benzene rings is 3. The molecule has 0 N–H and O–H groups in total. The number of hydrogen-bond acceptors (Lipinski definition) is 7. The lowest BCUT2D eigenvalue weighted by Gasteiger charge is -2.15. The predicted octanol–water partition coefficient (Wildman–Crippen LogP) is 5.60. The molecule has 0 aliphatic heterocycles. The molecule has 36 heavy (non-hydrogen) atoms. The minimum atomic E-state index is -0.478. The van der Waals surface area contributed by atoms with Crippen LogP contribution >= 0.6 is 0 Å². The molecule has 3 aromatic carbocycles. The number of aryl methyl sites for hydroxylation is 2. The summed E-state index contributed by atoms with van der Waals surface area (Å²) in [7, 11) is 4.46. The van der Waals surface area contributed by atoms with Crippen LogP contribution in [0.15, 0.2) is 72.1 Å². The molecule has 0 unspecified atom stereocenters. The van der Waals surface area contributed by atoms with Crippen LogP contribution in [-0.4, -0.2) is 33.5 Å². The Morgan fingerprint density at radius 1 is 0.917 bits per heavy atom. The highest BCUT2D eigenvalue weighted by Gasteiger charge is 2.17. The van der Waals surface area contributed by atoms with E-state index < -0.39 is 5.97 Å². The van der Waals surface area contributed by atoms with Gasteiger partial charge in [0.2, 0.25) is 0 Å². The van der Waals surface area contributed by atoms with Crippen molar-refractivity contribution in [3.8, 4) is 11.5 Å². The third kappa shape index (κ3) is 6.88. The predicted molar refractivity (Wildman–Crippen MR) is 139 cm³/mol. The second kappa shape index (κ2) is 13.0. The Morgan fingerprint density at radius 2 is 1.72 bits per heavy atom. The van der Waals surface area contributed by atoms with E-state index in [9.17, 15) is 4.79 Å². The van der Waals surface area contributed by atoms with Gasteiger partial charge in [-0.15, -0.1) is 0 Å². The highest BCUT2D eigenvalue weighted by atomic mass is 16.6. The molecule has 0 saturated carbocycles. The SMILES string of the molecule is CO/C=C(/C(=O)OC)c1ccccc1COc1cc(C)c(/C=N/OCc2cccc(OC)c2)cc1C. The number of oxime groups is 1. The molecular formula is C29H31NO6. The van der Waals surface area contributed by atoms with E-state index in [0.29, 0.717) is 17.7 Å². The second-order valence-electron chi connectivity index (χ2n) is 8.04. The van der Waals surface area contributed by atoms with Crippen molar-refractivity contribution in [1.82, 2.24) is 0 Å². The van der Waals surface area contributed by atoms with Crippen molar-refractivity contribution in [1.29, 1.82) is 0 Å². The topological polar surface area (TPSA) is 75.6 Å². The summed E-state index contributed by atoms with van der Waals surface area (Å²) in [6, 6.07) is 19.1. The summed E-state index contributed by atoms with van der Waals surface area (Å²) >= 11 is 0. The van der Waals surface area contributed by atoms with Crippen LogP contribution in [0.2, 0.25) is 0 Å². The second-order valence-corrected chi connectivity index (χ2v) is 8.04. The Balaban J connectivity index is 1.69. The lowest BCUT2D eigenvalue weighted by molar-refractivity contribution is -0.133. The minimum Gasteiger partial charge on any atom is -0.503 e. The number of carbonyl (C=O) groups excluding carboxylic acids is 1. The van der Waals surface area contributed by atoms with Gasteiger partial charge in [-0.05, 0) is 71.5 Å². The van der Waals surface area contributed by atoms with Crippen LogP contribution < -0.4 is 9.47 Å². The minimum absolute atomic E-state index is 0.269. The normalized spacial score (nSPS) is 11.3. The van der Waals surface area contributed by atoms with Gasteiger partial charge in [0, 0.05) is 0 Å². The molecule has 0 radical (unpaired) electrons. The van der Waals surface area contributed by atoms with Gasteiger partial charge in [0.05, 0.1) is 33.8 Å². The molecule has 0 saturated heterocycles. The first-order valence-corrected chi connectivity index (χ1v) is 11.4. The molecule has 0 atom stereocenters. The van der Waals surface area contributed by atoms with Crippen LogP contribution in [0.4, 0.5) is 0 Å². The summed E-state index contributed by atoms with van der Waals surface area (Å²) in [6.07, 6.45) is 3.07. The molecule has 7 heteroatoms. The van der Waals surface area contributed by atoms with Crippen molar-refractivity contribution < 1.29 is 28.6 Å². The Labute approximate surface area is 211 Å². The highest BCUT2D eigenvalue weighted by molar-refractivity contribution is 6.16. The number of ether oxygens (including phenoxy) is 4. The number of rotatable bonds is 11. The van der Waals surface area contributed by atoms with Gasteiger partial charge in [0.25, 0.3) is 0 Å². The third-order valence-corrected chi connectivity index (χ3v) is 5.53. The molecule has 0 heterocycles. The quantitative estimate of drug-likeness (QED) is 0.115. The van der Waals surface area contributed by atoms with Crippen LogP contribution in [0, 0.1) is 13.8 Å². The molecule has 3 aromatic rings. The van der Waals surface area contributed by atoms with Crippen molar-refractivity contribution in [3.63, 3.8) is 0 Å². The number of esters is 1. The van der Waals surface area contributed by atoms with Crippen molar-refractivity contribution in [2.45, 2.75) is 27.1 Å². The third-order valence-electron chi connectivity index (χ3n) is 5.53. The van der Waals surface area contributed by atoms with Crippen LogP contribution in [0.25, 0.3) is 5.57 Å². The van der Waals surface area contributed by atoms with Crippen molar-refractivity contribution >= 4 is 17.8 Å². The number of hydrogen-bond donors (Lipinski definition) is 0. The molecule has 0 spiro atoms. The van der Waals surface area contributed by atoms with Crippen LogP contribution in [0.5, 0.6) is 11.5 Å². The highest BCUT2D eigenvalue weighted by Crippen LogP contribution is 2.26. The number of methoxy groups -OCH3 is 3. The fraction of sp³-hybridized carbons (Fsp3) is 0.241. The fourth-order valence-corrected chi connectivity index (χ4v) is 3.59. The van der Waals surface area contributed by atoms with Gasteiger partial charge in [-0.1, -0.05) is 41.6 Å². The van der Waals surface area contributed by atoms with Crippen molar-refractivity contribution in [2.75, 3.05) is 21.3 Å². The van der Waals surface area contributed by atoms with E-state index in [1.165, 1.54) is 20.5 Å². The van der Waals surface area contributed by atoms with Gasteiger partial charge in [0.1, 0.15) is 30.3 Å². The average Bonchev–Trinajstić information content (AvgIpc) is 2.90. The van der Waals surface area contributed by atoms with Crippen molar-refractivity contribution in [3.05, 3.63) is 100 Å². The maximum atomic E-state index is 12.2.